The van der Waals surface area contributed by atoms with Gasteiger partial charge in [-0.25, -0.2) is 4.68 Å². The molecule has 0 amide bonds. The Morgan fingerprint density at radius 2 is 2.36 bits per heavy atom. The Bertz CT molecular complexity index is 278. The summed E-state index contributed by atoms with van der Waals surface area (Å²) in [6, 6.07) is 0. The molecule has 0 spiro atoms. The Labute approximate surface area is 64.2 Å². The van der Waals surface area contributed by atoms with Crippen LogP contribution in [0.15, 0.2) is 0 Å². The number of carbonyl (C=O) groups excluding carboxylic acids is 1. The van der Waals surface area contributed by atoms with Crippen LogP contribution in [-0.4, -0.2) is 20.5 Å². The molecule has 1 rings (SSSR count). The Morgan fingerprint density at radius 1 is 1.73 bits per heavy atom. The van der Waals surface area contributed by atoms with Crippen molar-refractivity contribution in [1.82, 2.24) is 14.8 Å². The minimum atomic E-state index is 0.0154. The molecule has 5 heteroatoms. The van der Waals surface area contributed by atoms with Crippen LogP contribution in [0.3, 0.4) is 0 Å². The zero-order valence-corrected chi connectivity index (χ0v) is 6.53. The predicted molar refractivity (Wildman–Crippen MR) is 39.9 cm³/mol. The second-order valence-electron chi connectivity index (χ2n) is 2.38. The number of nitrogens with two attached hydrogens (primary N) is 1. The maximum atomic E-state index is 10.6. The molecule has 1 aromatic heterocycles. The summed E-state index contributed by atoms with van der Waals surface area (Å²) in [5, 5.41) is 3.91. The van der Waals surface area contributed by atoms with Gasteiger partial charge in [0.1, 0.15) is 12.4 Å². The van der Waals surface area contributed by atoms with Crippen molar-refractivity contribution < 1.29 is 4.79 Å². The first-order chi connectivity index (χ1) is 5.09. The van der Waals surface area contributed by atoms with Gasteiger partial charge in [-0.15, -0.1) is 0 Å². The number of nitrogens with zero attached hydrogens (tertiary/aromatic N) is 3. The number of rotatable bonds is 2. The first-order valence-corrected chi connectivity index (χ1v) is 3.26. The first-order valence-electron chi connectivity index (χ1n) is 3.26. The minimum absolute atomic E-state index is 0.0154. The lowest BCUT2D eigenvalue weighted by Crippen LogP contribution is -2.10. The van der Waals surface area contributed by atoms with Crippen LogP contribution in [0.5, 0.6) is 0 Å². The van der Waals surface area contributed by atoms with Crippen LogP contribution in [0.1, 0.15) is 12.7 Å². The number of nitrogen functional groups attached to an aromatic ring is 1. The predicted octanol–water partition coefficient (Wildman–Crippen LogP) is -0.242. The van der Waals surface area contributed by atoms with E-state index in [0.717, 1.165) is 0 Å². The summed E-state index contributed by atoms with van der Waals surface area (Å²) < 4.78 is 1.39. The van der Waals surface area contributed by atoms with Crippen molar-refractivity contribution in [2.75, 3.05) is 5.73 Å². The minimum Gasteiger partial charge on any atom is -0.368 e. The van der Waals surface area contributed by atoms with E-state index in [1.807, 2.05) is 0 Å². The molecule has 1 heterocycles. The molecular weight excluding hydrogens is 144 g/mol. The van der Waals surface area contributed by atoms with Gasteiger partial charge in [-0.3, -0.25) is 4.79 Å². The van der Waals surface area contributed by atoms with Crippen LogP contribution in [0, 0.1) is 6.92 Å². The highest BCUT2D eigenvalue weighted by Crippen LogP contribution is 1.98. The molecule has 0 aliphatic carbocycles. The van der Waals surface area contributed by atoms with Gasteiger partial charge in [0.2, 0.25) is 5.95 Å². The number of aromatic nitrogens is 3. The van der Waals surface area contributed by atoms with E-state index in [0.29, 0.717) is 5.82 Å². The third kappa shape index (κ3) is 1.76. The molecule has 11 heavy (non-hydrogen) atoms. The number of hydrogen-bond donors (Lipinski definition) is 1. The molecular formula is C6H10N4O. The quantitative estimate of drug-likeness (QED) is 0.637. The zero-order chi connectivity index (χ0) is 8.43. The summed E-state index contributed by atoms with van der Waals surface area (Å²) in [7, 11) is 0. The molecule has 0 fully saturated rings. The molecule has 60 valence electrons. The molecule has 0 atom stereocenters. The molecule has 0 aromatic carbocycles. The number of aryl methyl sites for hydroxylation is 1. The molecule has 0 radical (unpaired) electrons. The molecule has 5 nitrogen and oxygen atoms in total. The zero-order valence-electron chi connectivity index (χ0n) is 6.53. The van der Waals surface area contributed by atoms with Crippen LogP contribution >= 0.6 is 0 Å². The summed E-state index contributed by atoms with van der Waals surface area (Å²) in [6.45, 7) is 3.41. The second-order valence-corrected chi connectivity index (χ2v) is 2.38. The van der Waals surface area contributed by atoms with E-state index in [1.54, 1.807) is 6.92 Å². The van der Waals surface area contributed by atoms with Crippen molar-refractivity contribution >= 4 is 11.7 Å². The van der Waals surface area contributed by atoms with Gasteiger partial charge in [-0.2, -0.15) is 10.1 Å². The first kappa shape index (κ1) is 7.71. The fourth-order valence-electron chi connectivity index (χ4n) is 0.799. The summed E-state index contributed by atoms with van der Waals surface area (Å²) in [4.78, 5) is 14.5. The summed E-state index contributed by atoms with van der Waals surface area (Å²) >= 11 is 0. The van der Waals surface area contributed by atoms with Gasteiger partial charge >= 0.3 is 0 Å². The molecule has 0 unspecified atom stereocenters. The monoisotopic (exact) mass is 154 g/mol. The van der Waals surface area contributed by atoms with E-state index in [1.165, 1.54) is 11.6 Å². The number of Topliss-reactive ketones (excluding diaryl/α,β-unsaturated/α-hetero) is 1. The van der Waals surface area contributed by atoms with E-state index in [4.69, 9.17) is 5.73 Å². The van der Waals surface area contributed by atoms with Crippen LogP contribution in [0.25, 0.3) is 0 Å². The fraction of sp³-hybridized carbons (Fsp3) is 0.500. The number of anilines is 1. The standard InChI is InChI=1S/C6H10N4O/c1-4(11)3-10-6(7)8-5(2)9-10/h3H2,1-2H3,(H2,7,8,9). The molecule has 0 bridgehead atoms. The SMILES string of the molecule is CC(=O)Cn1nc(C)nc1N. The average Bonchev–Trinajstić information content (AvgIpc) is 2.09. The van der Waals surface area contributed by atoms with Crippen LogP contribution in [0.2, 0.25) is 0 Å². The average molecular weight is 154 g/mol. The Morgan fingerprint density at radius 3 is 2.73 bits per heavy atom. The largest absolute Gasteiger partial charge is 0.368 e. The van der Waals surface area contributed by atoms with Gasteiger partial charge < -0.3 is 5.73 Å². The lowest BCUT2D eigenvalue weighted by atomic mass is 10.4. The number of ketones is 1. The maximum Gasteiger partial charge on any atom is 0.219 e. The third-order valence-corrected chi connectivity index (χ3v) is 1.18. The highest BCUT2D eigenvalue weighted by Gasteiger charge is 2.03. The number of hydrogen-bond acceptors (Lipinski definition) is 4. The molecule has 1 aromatic rings. The summed E-state index contributed by atoms with van der Waals surface area (Å²) in [5.74, 6) is 0.892. The maximum absolute atomic E-state index is 10.6. The Hall–Kier alpha value is -1.39. The van der Waals surface area contributed by atoms with Crippen molar-refractivity contribution in [3.63, 3.8) is 0 Å². The smallest absolute Gasteiger partial charge is 0.219 e. The van der Waals surface area contributed by atoms with Crippen LogP contribution in [-0.2, 0) is 11.3 Å². The fourth-order valence-corrected chi connectivity index (χ4v) is 0.799. The van der Waals surface area contributed by atoms with E-state index >= 15 is 0 Å². The van der Waals surface area contributed by atoms with Gasteiger partial charge in [0.15, 0.2) is 5.78 Å². The topological polar surface area (TPSA) is 73.8 Å². The Balaban J connectivity index is 2.85. The lowest BCUT2D eigenvalue weighted by molar-refractivity contribution is -0.117. The van der Waals surface area contributed by atoms with Crippen molar-refractivity contribution in [2.45, 2.75) is 20.4 Å². The van der Waals surface area contributed by atoms with E-state index in [2.05, 4.69) is 10.1 Å². The molecule has 0 aliphatic heterocycles. The van der Waals surface area contributed by atoms with E-state index < -0.39 is 0 Å². The van der Waals surface area contributed by atoms with Crippen molar-refractivity contribution in [3.05, 3.63) is 5.82 Å². The highest BCUT2D eigenvalue weighted by atomic mass is 16.1. The van der Waals surface area contributed by atoms with Gasteiger partial charge in [-0.1, -0.05) is 0 Å². The Kier molecular flexibility index (Phi) is 1.89. The third-order valence-electron chi connectivity index (χ3n) is 1.18. The van der Waals surface area contributed by atoms with E-state index in [9.17, 15) is 4.79 Å². The van der Waals surface area contributed by atoms with Crippen molar-refractivity contribution in [2.24, 2.45) is 0 Å². The number of carbonyl (C=O) groups is 1. The molecule has 0 saturated heterocycles. The van der Waals surface area contributed by atoms with Crippen molar-refractivity contribution in [1.29, 1.82) is 0 Å². The van der Waals surface area contributed by atoms with Gasteiger partial charge in [0, 0.05) is 0 Å². The normalized spacial score (nSPS) is 10.0. The molecule has 2 N–H and O–H groups in total. The second kappa shape index (κ2) is 2.69. The molecule has 0 aliphatic rings. The van der Waals surface area contributed by atoms with Crippen molar-refractivity contribution in [3.8, 4) is 0 Å². The van der Waals surface area contributed by atoms with E-state index in [-0.39, 0.29) is 18.3 Å². The summed E-state index contributed by atoms with van der Waals surface area (Å²) in [6.07, 6.45) is 0. The van der Waals surface area contributed by atoms with Crippen LogP contribution in [0.4, 0.5) is 5.95 Å². The highest BCUT2D eigenvalue weighted by molar-refractivity contribution is 5.75. The van der Waals surface area contributed by atoms with Gasteiger partial charge in [-0.05, 0) is 13.8 Å². The van der Waals surface area contributed by atoms with Crippen LogP contribution < -0.4 is 5.73 Å². The summed E-state index contributed by atoms with van der Waals surface area (Å²) in [5.41, 5.74) is 5.43. The van der Waals surface area contributed by atoms with Gasteiger partial charge in [0.05, 0.1) is 0 Å². The lowest BCUT2D eigenvalue weighted by Gasteiger charge is -1.96. The molecule has 0 saturated carbocycles. The van der Waals surface area contributed by atoms with Gasteiger partial charge in [0.25, 0.3) is 0 Å².